The predicted molar refractivity (Wildman–Crippen MR) is 72.2 cm³/mol. The Morgan fingerprint density at radius 3 is 1.76 bits per heavy atom. The topological polar surface area (TPSA) is 40.5 Å². The van der Waals surface area contributed by atoms with E-state index in [9.17, 15) is 9.90 Å². The SMILES string of the molecule is CCC(C(=O)O)N(C)C(CC(C)C)CC(C)C. The molecular formula is C14H29NO2. The maximum absolute atomic E-state index is 11.2. The van der Waals surface area contributed by atoms with Gasteiger partial charge in [0, 0.05) is 6.04 Å². The van der Waals surface area contributed by atoms with Gasteiger partial charge in [0.05, 0.1) is 0 Å². The summed E-state index contributed by atoms with van der Waals surface area (Å²) in [5.74, 6) is 0.507. The highest BCUT2D eigenvalue weighted by Gasteiger charge is 2.27. The van der Waals surface area contributed by atoms with E-state index in [0.717, 1.165) is 12.8 Å². The molecule has 17 heavy (non-hydrogen) atoms. The first kappa shape index (κ1) is 16.4. The first-order valence-corrected chi connectivity index (χ1v) is 6.74. The second kappa shape index (κ2) is 7.70. The Bertz CT molecular complexity index is 216. The maximum Gasteiger partial charge on any atom is 0.320 e. The molecule has 0 aromatic heterocycles. The Labute approximate surface area is 106 Å². The lowest BCUT2D eigenvalue weighted by Gasteiger charge is -2.34. The van der Waals surface area contributed by atoms with E-state index in [2.05, 4.69) is 32.6 Å². The van der Waals surface area contributed by atoms with Crippen molar-refractivity contribution in [2.24, 2.45) is 11.8 Å². The molecule has 0 spiro atoms. The fourth-order valence-corrected chi connectivity index (χ4v) is 2.41. The molecule has 0 heterocycles. The number of carbonyl (C=O) groups is 1. The largest absolute Gasteiger partial charge is 0.480 e. The fourth-order valence-electron chi connectivity index (χ4n) is 2.41. The van der Waals surface area contributed by atoms with Crippen molar-refractivity contribution in [3.8, 4) is 0 Å². The number of aliphatic carboxylic acids is 1. The smallest absolute Gasteiger partial charge is 0.320 e. The van der Waals surface area contributed by atoms with Gasteiger partial charge in [-0.1, -0.05) is 34.6 Å². The highest BCUT2D eigenvalue weighted by molar-refractivity contribution is 5.73. The van der Waals surface area contributed by atoms with Crippen molar-refractivity contribution >= 4 is 5.97 Å². The van der Waals surface area contributed by atoms with E-state index in [1.165, 1.54) is 0 Å². The van der Waals surface area contributed by atoms with E-state index in [-0.39, 0.29) is 6.04 Å². The molecule has 0 saturated heterocycles. The van der Waals surface area contributed by atoms with Crippen LogP contribution in [-0.2, 0) is 4.79 Å². The van der Waals surface area contributed by atoms with Crippen molar-refractivity contribution < 1.29 is 9.90 Å². The molecule has 1 N–H and O–H groups in total. The van der Waals surface area contributed by atoms with Gasteiger partial charge < -0.3 is 5.11 Å². The minimum atomic E-state index is -0.701. The Morgan fingerprint density at radius 1 is 1.12 bits per heavy atom. The molecule has 0 aliphatic carbocycles. The zero-order valence-corrected chi connectivity index (χ0v) is 12.2. The highest BCUT2D eigenvalue weighted by atomic mass is 16.4. The van der Waals surface area contributed by atoms with Gasteiger partial charge in [-0.25, -0.2) is 0 Å². The van der Waals surface area contributed by atoms with Crippen molar-refractivity contribution in [3.05, 3.63) is 0 Å². The van der Waals surface area contributed by atoms with Gasteiger partial charge >= 0.3 is 5.97 Å². The van der Waals surface area contributed by atoms with Crippen LogP contribution in [0.5, 0.6) is 0 Å². The Balaban J connectivity index is 4.69. The molecule has 0 aliphatic rings. The van der Waals surface area contributed by atoms with Crippen LogP contribution in [0.4, 0.5) is 0 Å². The molecule has 0 radical (unpaired) electrons. The monoisotopic (exact) mass is 243 g/mol. The summed E-state index contributed by atoms with van der Waals surface area (Å²) in [5.41, 5.74) is 0. The van der Waals surface area contributed by atoms with Gasteiger partial charge in [-0.3, -0.25) is 9.69 Å². The zero-order chi connectivity index (χ0) is 13.6. The summed E-state index contributed by atoms with van der Waals surface area (Å²) in [5, 5.41) is 9.22. The van der Waals surface area contributed by atoms with E-state index >= 15 is 0 Å². The van der Waals surface area contributed by atoms with Gasteiger partial charge in [0.25, 0.3) is 0 Å². The number of nitrogens with zero attached hydrogens (tertiary/aromatic N) is 1. The van der Waals surface area contributed by atoms with Gasteiger partial charge in [-0.2, -0.15) is 0 Å². The van der Waals surface area contributed by atoms with E-state index in [1.807, 2.05) is 14.0 Å². The molecule has 102 valence electrons. The van der Waals surface area contributed by atoms with E-state index < -0.39 is 5.97 Å². The second-order valence-corrected chi connectivity index (χ2v) is 5.84. The molecule has 1 atom stereocenters. The van der Waals surface area contributed by atoms with Gasteiger partial charge in [0.2, 0.25) is 0 Å². The van der Waals surface area contributed by atoms with Gasteiger partial charge in [-0.05, 0) is 38.1 Å². The minimum Gasteiger partial charge on any atom is -0.480 e. The van der Waals surface area contributed by atoms with Crippen molar-refractivity contribution in [2.75, 3.05) is 7.05 Å². The van der Waals surface area contributed by atoms with Crippen molar-refractivity contribution in [1.82, 2.24) is 4.90 Å². The quantitative estimate of drug-likeness (QED) is 0.711. The molecule has 3 nitrogen and oxygen atoms in total. The van der Waals surface area contributed by atoms with Crippen LogP contribution in [0.25, 0.3) is 0 Å². The van der Waals surface area contributed by atoms with Crippen LogP contribution >= 0.6 is 0 Å². The molecule has 0 aliphatic heterocycles. The lowest BCUT2D eigenvalue weighted by atomic mass is 9.93. The summed E-state index contributed by atoms with van der Waals surface area (Å²) in [6, 6.07) is 0.0218. The summed E-state index contributed by atoms with van der Waals surface area (Å²) in [6.45, 7) is 10.7. The maximum atomic E-state index is 11.2. The molecule has 0 bridgehead atoms. The normalized spacial score (nSPS) is 14.0. The number of rotatable bonds is 8. The van der Waals surface area contributed by atoms with Crippen LogP contribution in [0.2, 0.25) is 0 Å². The third kappa shape index (κ3) is 6.06. The van der Waals surface area contributed by atoms with Gasteiger partial charge in [0.15, 0.2) is 0 Å². The average molecular weight is 243 g/mol. The fraction of sp³-hybridized carbons (Fsp3) is 0.929. The molecule has 0 rings (SSSR count). The van der Waals surface area contributed by atoms with Crippen LogP contribution in [0.1, 0.15) is 53.9 Å². The van der Waals surface area contributed by atoms with Gasteiger partial charge in [0.1, 0.15) is 6.04 Å². The molecule has 0 aromatic carbocycles. The number of hydrogen-bond acceptors (Lipinski definition) is 2. The van der Waals surface area contributed by atoms with Crippen molar-refractivity contribution in [2.45, 2.75) is 66.0 Å². The number of likely N-dealkylation sites (N-methyl/N-ethyl adjacent to an activating group) is 1. The van der Waals surface area contributed by atoms with Crippen LogP contribution in [-0.4, -0.2) is 35.1 Å². The highest BCUT2D eigenvalue weighted by Crippen LogP contribution is 2.21. The van der Waals surface area contributed by atoms with Crippen LogP contribution in [0, 0.1) is 11.8 Å². The number of carboxylic acids is 1. The first-order chi connectivity index (χ1) is 7.79. The minimum absolute atomic E-state index is 0.350. The Morgan fingerprint density at radius 2 is 1.53 bits per heavy atom. The lowest BCUT2D eigenvalue weighted by Crippen LogP contribution is -2.45. The van der Waals surface area contributed by atoms with Crippen molar-refractivity contribution in [3.63, 3.8) is 0 Å². The summed E-state index contributed by atoms with van der Waals surface area (Å²) in [7, 11) is 1.96. The molecule has 1 unspecified atom stereocenters. The summed E-state index contributed by atoms with van der Waals surface area (Å²) in [4.78, 5) is 13.3. The molecule has 0 saturated carbocycles. The van der Waals surface area contributed by atoms with E-state index in [0.29, 0.717) is 24.3 Å². The number of hydrogen-bond donors (Lipinski definition) is 1. The second-order valence-electron chi connectivity index (χ2n) is 5.84. The molecule has 0 amide bonds. The average Bonchev–Trinajstić information content (AvgIpc) is 2.15. The molecule has 0 aromatic rings. The Hall–Kier alpha value is -0.570. The summed E-state index contributed by atoms with van der Waals surface area (Å²) in [6.07, 6.45) is 2.80. The lowest BCUT2D eigenvalue weighted by molar-refractivity contribution is -0.144. The summed E-state index contributed by atoms with van der Waals surface area (Å²) < 4.78 is 0. The molecule has 3 heteroatoms. The zero-order valence-electron chi connectivity index (χ0n) is 12.2. The van der Waals surface area contributed by atoms with Gasteiger partial charge in [-0.15, -0.1) is 0 Å². The standard InChI is InChI=1S/C14H29NO2/c1-7-13(14(16)17)15(6)12(8-10(2)3)9-11(4)5/h10-13H,7-9H2,1-6H3,(H,16,17). The van der Waals surface area contributed by atoms with Crippen LogP contribution in [0.15, 0.2) is 0 Å². The van der Waals surface area contributed by atoms with E-state index in [4.69, 9.17) is 0 Å². The number of carboxylic acid groups (broad SMARTS) is 1. The summed E-state index contributed by atoms with van der Waals surface area (Å²) >= 11 is 0. The van der Waals surface area contributed by atoms with Crippen LogP contribution in [0.3, 0.4) is 0 Å². The molecular weight excluding hydrogens is 214 g/mol. The first-order valence-electron chi connectivity index (χ1n) is 6.74. The molecule has 0 fully saturated rings. The van der Waals surface area contributed by atoms with E-state index in [1.54, 1.807) is 0 Å². The third-order valence-electron chi connectivity index (χ3n) is 3.23. The van der Waals surface area contributed by atoms with Crippen LogP contribution < -0.4 is 0 Å². The Kier molecular flexibility index (Phi) is 7.44. The van der Waals surface area contributed by atoms with Crippen molar-refractivity contribution in [1.29, 1.82) is 0 Å². The predicted octanol–water partition coefficient (Wildman–Crippen LogP) is 3.24. The third-order valence-corrected chi connectivity index (χ3v) is 3.23.